The van der Waals surface area contributed by atoms with Crippen LogP contribution in [0.15, 0.2) is 22.5 Å². The summed E-state index contributed by atoms with van der Waals surface area (Å²) in [5.74, 6) is 0.683. The van der Waals surface area contributed by atoms with Crippen molar-refractivity contribution in [1.82, 2.24) is 0 Å². The van der Waals surface area contributed by atoms with E-state index in [1.807, 2.05) is 6.08 Å². The van der Waals surface area contributed by atoms with Crippen LogP contribution in [0, 0.1) is 0 Å². The van der Waals surface area contributed by atoms with Gasteiger partial charge in [-0.2, -0.15) is 0 Å². The maximum Gasteiger partial charge on any atom is 0.244 e. The molecule has 1 heterocycles. The molecule has 3 nitrogen and oxygen atoms in total. The Morgan fingerprint density at radius 2 is 2.30 bits per heavy atom. The van der Waals surface area contributed by atoms with Crippen molar-refractivity contribution in [2.24, 2.45) is 5.14 Å². The minimum absolute atomic E-state index is 0.245. The van der Waals surface area contributed by atoms with Gasteiger partial charge >= 0.3 is 0 Å². The monoisotopic (exact) mass is 177 g/mol. The Morgan fingerprint density at radius 3 is 2.60 bits per heavy atom. The van der Waals surface area contributed by atoms with Gasteiger partial charge in [0.1, 0.15) is 4.24 Å². The number of allylic oxidation sites excluding steroid dienone is 2. The van der Waals surface area contributed by atoms with Crippen LogP contribution < -0.4 is 5.14 Å². The van der Waals surface area contributed by atoms with Gasteiger partial charge in [-0.1, -0.05) is 12.2 Å². The first-order valence-corrected chi connectivity index (χ1v) is 5.16. The van der Waals surface area contributed by atoms with Crippen molar-refractivity contribution in [2.45, 2.75) is 0 Å². The van der Waals surface area contributed by atoms with Crippen LogP contribution in [0.1, 0.15) is 0 Å². The van der Waals surface area contributed by atoms with Crippen LogP contribution in [-0.4, -0.2) is 14.2 Å². The molecule has 0 saturated heterocycles. The molecule has 0 aliphatic carbocycles. The summed E-state index contributed by atoms with van der Waals surface area (Å²) < 4.78 is 21.5. The Bertz CT molecular complexity index is 276. The molecule has 0 saturated carbocycles. The quantitative estimate of drug-likeness (QED) is 0.631. The molecule has 1 rings (SSSR count). The maximum absolute atomic E-state index is 10.6. The molecule has 0 spiro atoms. The minimum Gasteiger partial charge on any atom is -0.224 e. The second-order valence-corrected chi connectivity index (χ2v) is 4.62. The summed E-state index contributed by atoms with van der Waals surface area (Å²) in [6.45, 7) is 0. The van der Waals surface area contributed by atoms with Gasteiger partial charge in [0.2, 0.25) is 10.0 Å². The zero-order valence-electron chi connectivity index (χ0n) is 5.15. The van der Waals surface area contributed by atoms with Gasteiger partial charge in [-0.15, -0.1) is 11.8 Å². The second kappa shape index (κ2) is 2.77. The molecule has 0 bridgehead atoms. The zero-order chi connectivity index (χ0) is 7.61. The predicted octanol–water partition coefficient (Wildman–Crippen LogP) is 0.419. The number of rotatable bonds is 1. The highest BCUT2D eigenvalue weighted by Crippen LogP contribution is 2.22. The normalized spacial score (nSPS) is 18.7. The number of hydrogen-bond acceptors (Lipinski definition) is 3. The van der Waals surface area contributed by atoms with Crippen LogP contribution in [-0.2, 0) is 10.0 Å². The highest BCUT2D eigenvalue weighted by Gasteiger charge is 2.12. The molecule has 1 aliphatic heterocycles. The predicted molar refractivity (Wildman–Crippen MR) is 42.8 cm³/mol. The first kappa shape index (κ1) is 7.84. The van der Waals surface area contributed by atoms with Crippen molar-refractivity contribution in [3.8, 4) is 0 Å². The van der Waals surface area contributed by atoms with Crippen LogP contribution in [0.2, 0.25) is 0 Å². The number of primary sulfonamides is 1. The summed E-state index contributed by atoms with van der Waals surface area (Å²) in [7, 11) is -3.45. The van der Waals surface area contributed by atoms with Crippen LogP contribution >= 0.6 is 11.8 Å². The van der Waals surface area contributed by atoms with E-state index in [2.05, 4.69) is 0 Å². The molecule has 0 radical (unpaired) electrons. The van der Waals surface area contributed by atoms with E-state index < -0.39 is 10.0 Å². The molecule has 0 aromatic rings. The summed E-state index contributed by atoms with van der Waals surface area (Å²) in [5.41, 5.74) is 0. The van der Waals surface area contributed by atoms with Crippen molar-refractivity contribution in [3.63, 3.8) is 0 Å². The Morgan fingerprint density at radius 1 is 1.60 bits per heavy atom. The number of thioether (sulfide) groups is 1. The van der Waals surface area contributed by atoms with Crippen molar-refractivity contribution in [3.05, 3.63) is 22.5 Å². The fourth-order valence-electron chi connectivity index (χ4n) is 0.557. The molecular formula is C5H7NO2S2. The molecule has 0 amide bonds. The molecule has 0 aromatic carbocycles. The highest BCUT2D eigenvalue weighted by molar-refractivity contribution is 8.18. The number of nitrogens with two attached hydrogens (primary N) is 1. The van der Waals surface area contributed by atoms with Gasteiger partial charge in [-0.3, -0.25) is 0 Å². The van der Waals surface area contributed by atoms with Gasteiger partial charge in [0, 0.05) is 5.75 Å². The van der Waals surface area contributed by atoms with E-state index in [4.69, 9.17) is 5.14 Å². The molecule has 0 fully saturated rings. The largest absolute Gasteiger partial charge is 0.244 e. The lowest BCUT2D eigenvalue weighted by molar-refractivity contribution is 0.605. The van der Waals surface area contributed by atoms with Gasteiger partial charge in [0.05, 0.1) is 0 Å². The number of hydrogen-bond donors (Lipinski definition) is 1. The maximum atomic E-state index is 10.6. The van der Waals surface area contributed by atoms with E-state index in [1.54, 1.807) is 6.08 Å². The fraction of sp³-hybridized carbons (Fsp3) is 0.200. The van der Waals surface area contributed by atoms with E-state index in [9.17, 15) is 8.42 Å². The van der Waals surface area contributed by atoms with Crippen molar-refractivity contribution < 1.29 is 8.42 Å². The molecule has 56 valence electrons. The zero-order valence-corrected chi connectivity index (χ0v) is 6.78. The summed E-state index contributed by atoms with van der Waals surface area (Å²) >= 11 is 1.23. The van der Waals surface area contributed by atoms with Crippen LogP contribution in [0.25, 0.3) is 0 Å². The molecular weight excluding hydrogens is 170 g/mol. The average Bonchev–Trinajstić information content (AvgIpc) is 1.88. The third kappa shape index (κ3) is 1.86. The van der Waals surface area contributed by atoms with Crippen molar-refractivity contribution >= 4 is 21.8 Å². The SMILES string of the molecule is NS(=O)(=O)C1=CC=CCS1. The fourth-order valence-corrected chi connectivity index (χ4v) is 2.23. The Labute approximate surface area is 64.0 Å². The van der Waals surface area contributed by atoms with Crippen LogP contribution in [0.4, 0.5) is 0 Å². The summed E-state index contributed by atoms with van der Waals surface area (Å²) in [4.78, 5) is 0. The van der Waals surface area contributed by atoms with E-state index >= 15 is 0 Å². The lowest BCUT2D eigenvalue weighted by atomic mass is 10.5. The molecule has 0 atom stereocenters. The molecule has 0 unspecified atom stereocenters. The van der Waals surface area contributed by atoms with Gasteiger partial charge in [0.15, 0.2) is 0 Å². The van der Waals surface area contributed by atoms with Gasteiger partial charge < -0.3 is 0 Å². The molecule has 1 aliphatic rings. The topological polar surface area (TPSA) is 60.2 Å². The minimum atomic E-state index is -3.45. The van der Waals surface area contributed by atoms with Gasteiger partial charge in [0.25, 0.3) is 0 Å². The van der Waals surface area contributed by atoms with Crippen LogP contribution in [0.5, 0.6) is 0 Å². The number of sulfonamides is 1. The Hall–Kier alpha value is -0.260. The summed E-state index contributed by atoms with van der Waals surface area (Å²) in [6, 6.07) is 0. The second-order valence-electron chi connectivity index (χ2n) is 1.77. The third-order valence-electron chi connectivity index (χ3n) is 0.971. The van der Waals surface area contributed by atoms with Crippen molar-refractivity contribution in [2.75, 3.05) is 5.75 Å². The summed E-state index contributed by atoms with van der Waals surface area (Å²) in [5, 5.41) is 4.86. The van der Waals surface area contributed by atoms with E-state index in [1.165, 1.54) is 17.8 Å². The van der Waals surface area contributed by atoms with E-state index in [-0.39, 0.29) is 4.24 Å². The molecule has 0 aromatic heterocycles. The Kier molecular flexibility index (Phi) is 2.18. The lowest BCUT2D eigenvalue weighted by Crippen LogP contribution is -2.13. The smallest absolute Gasteiger partial charge is 0.224 e. The molecule has 2 N–H and O–H groups in total. The standard InChI is InChI=1S/C5H7NO2S2/c6-10(7,8)5-3-1-2-4-9-5/h1-3H,4H2,(H2,6,7,8). The highest BCUT2D eigenvalue weighted by atomic mass is 32.3. The average molecular weight is 177 g/mol. The third-order valence-corrected chi connectivity index (χ3v) is 3.50. The first-order chi connectivity index (χ1) is 4.61. The van der Waals surface area contributed by atoms with E-state index in [0.29, 0.717) is 5.75 Å². The van der Waals surface area contributed by atoms with E-state index in [0.717, 1.165) is 0 Å². The Balaban J connectivity index is 2.93. The molecule has 10 heavy (non-hydrogen) atoms. The molecule has 5 heteroatoms. The van der Waals surface area contributed by atoms with Crippen molar-refractivity contribution in [1.29, 1.82) is 0 Å². The lowest BCUT2D eigenvalue weighted by Gasteiger charge is -2.03. The summed E-state index contributed by atoms with van der Waals surface area (Å²) in [6.07, 6.45) is 5.07. The first-order valence-electron chi connectivity index (χ1n) is 2.63. The van der Waals surface area contributed by atoms with Gasteiger partial charge in [-0.05, 0) is 6.08 Å². The van der Waals surface area contributed by atoms with Gasteiger partial charge in [-0.25, -0.2) is 13.6 Å². The van der Waals surface area contributed by atoms with Crippen LogP contribution in [0.3, 0.4) is 0 Å².